The van der Waals surface area contributed by atoms with Gasteiger partial charge in [-0.25, -0.2) is 0 Å². The summed E-state index contributed by atoms with van der Waals surface area (Å²) in [6, 6.07) is 0. The summed E-state index contributed by atoms with van der Waals surface area (Å²) in [6.07, 6.45) is 6.42. The van der Waals surface area contributed by atoms with Crippen molar-refractivity contribution in [1.82, 2.24) is 0 Å². The van der Waals surface area contributed by atoms with E-state index in [1.807, 2.05) is 13.0 Å². The third-order valence-electron chi connectivity index (χ3n) is 3.26. The van der Waals surface area contributed by atoms with E-state index in [0.717, 1.165) is 12.7 Å². The number of carbonyl (C=O) groups excluding carboxylic acids is 1. The zero-order valence-electron chi connectivity index (χ0n) is 11.5. The number of carbonyl (C=O) groups is 1. The molecule has 0 rings (SSSR count). The molecule has 0 saturated heterocycles. The zero-order valence-corrected chi connectivity index (χ0v) is 12.5. The van der Waals surface area contributed by atoms with Crippen LogP contribution in [0.5, 0.6) is 0 Å². The van der Waals surface area contributed by atoms with Crippen LogP contribution < -0.4 is 0 Å². The number of hydrogen-bond acceptors (Lipinski definition) is 2. The van der Waals surface area contributed by atoms with Crippen molar-refractivity contribution in [1.29, 1.82) is 0 Å². The fraction of sp³-hybridized carbons (Fsp3) is 0.769. The second-order valence-corrected chi connectivity index (χ2v) is 10.5. The molecule has 0 aliphatic carbocycles. The van der Waals surface area contributed by atoms with Crippen LogP contribution in [-0.2, 0) is 9.22 Å². The highest BCUT2D eigenvalue weighted by Gasteiger charge is 2.38. The Morgan fingerprint density at radius 2 is 1.81 bits per heavy atom. The van der Waals surface area contributed by atoms with E-state index >= 15 is 0 Å². The first kappa shape index (κ1) is 15.6. The van der Waals surface area contributed by atoms with Crippen LogP contribution in [0.4, 0.5) is 0 Å². The average Bonchev–Trinajstić information content (AvgIpc) is 2.12. The van der Waals surface area contributed by atoms with Crippen LogP contribution in [-0.4, -0.2) is 20.7 Å². The van der Waals surface area contributed by atoms with Gasteiger partial charge in [0, 0.05) is 6.42 Å². The Hall–Kier alpha value is -0.413. The van der Waals surface area contributed by atoms with E-state index in [0.29, 0.717) is 6.42 Å². The van der Waals surface area contributed by atoms with Crippen LogP contribution in [0.25, 0.3) is 0 Å². The second-order valence-electron chi connectivity index (χ2n) is 5.71. The number of aldehydes is 1. The van der Waals surface area contributed by atoms with E-state index in [4.69, 9.17) is 4.43 Å². The Morgan fingerprint density at radius 3 is 2.19 bits per heavy atom. The Balaban J connectivity index is 4.54. The van der Waals surface area contributed by atoms with Gasteiger partial charge < -0.3 is 9.22 Å². The molecular formula is C13H26O2Si. The van der Waals surface area contributed by atoms with E-state index in [9.17, 15) is 4.79 Å². The molecule has 0 amide bonds. The Bertz CT molecular complexity index is 239. The van der Waals surface area contributed by atoms with E-state index in [-0.39, 0.29) is 11.1 Å². The predicted octanol–water partition coefficient (Wildman–Crippen LogP) is 3.93. The van der Waals surface area contributed by atoms with Crippen LogP contribution in [0.15, 0.2) is 12.2 Å². The van der Waals surface area contributed by atoms with Crippen LogP contribution in [0, 0.1) is 0 Å². The second kappa shape index (κ2) is 6.35. The van der Waals surface area contributed by atoms with Gasteiger partial charge >= 0.3 is 0 Å². The molecule has 0 aliphatic rings. The summed E-state index contributed by atoms with van der Waals surface area (Å²) in [5.74, 6) is 0. The third-order valence-corrected chi connectivity index (χ3v) is 7.80. The normalized spacial score (nSPS) is 15.4. The molecule has 0 bridgehead atoms. The van der Waals surface area contributed by atoms with Crippen molar-refractivity contribution in [2.45, 2.75) is 64.8 Å². The van der Waals surface area contributed by atoms with Crippen molar-refractivity contribution in [2.75, 3.05) is 0 Å². The molecule has 1 atom stereocenters. The van der Waals surface area contributed by atoms with Crippen LogP contribution in [0.2, 0.25) is 18.1 Å². The van der Waals surface area contributed by atoms with E-state index in [2.05, 4.69) is 39.9 Å². The monoisotopic (exact) mass is 242 g/mol. The van der Waals surface area contributed by atoms with Gasteiger partial charge in [0.25, 0.3) is 0 Å². The van der Waals surface area contributed by atoms with E-state index in [1.54, 1.807) is 0 Å². The maximum Gasteiger partial charge on any atom is 0.192 e. The van der Waals surface area contributed by atoms with Crippen molar-refractivity contribution in [3.8, 4) is 0 Å². The third kappa shape index (κ3) is 5.08. The standard InChI is InChI=1S/C13H26O2Si/c1-7-8-9-12(10-11-14)15-16(5,6)13(2,3)4/h7-8,11-12H,9-10H2,1-6H3/b8-7-/t12-/m0/s1. The summed E-state index contributed by atoms with van der Waals surface area (Å²) < 4.78 is 6.20. The molecule has 0 aromatic carbocycles. The Morgan fingerprint density at radius 1 is 1.25 bits per heavy atom. The molecule has 0 spiro atoms. The van der Waals surface area contributed by atoms with Gasteiger partial charge in [0.05, 0.1) is 6.10 Å². The van der Waals surface area contributed by atoms with Crippen LogP contribution >= 0.6 is 0 Å². The Labute approximate surface area is 101 Å². The minimum atomic E-state index is -1.75. The fourth-order valence-corrected chi connectivity index (χ4v) is 2.56. The van der Waals surface area contributed by atoms with Gasteiger partial charge in [0.1, 0.15) is 6.29 Å². The molecule has 0 saturated carbocycles. The molecule has 0 aromatic heterocycles. The summed E-state index contributed by atoms with van der Waals surface area (Å²) in [5.41, 5.74) is 0. The highest BCUT2D eigenvalue weighted by molar-refractivity contribution is 6.74. The number of rotatable bonds is 6. The number of hydrogen-bond donors (Lipinski definition) is 0. The zero-order chi connectivity index (χ0) is 12.8. The number of allylic oxidation sites excluding steroid dienone is 1. The smallest absolute Gasteiger partial charge is 0.192 e. The van der Waals surface area contributed by atoms with Crippen LogP contribution in [0.1, 0.15) is 40.5 Å². The largest absolute Gasteiger partial charge is 0.413 e. The molecule has 0 radical (unpaired) electrons. The van der Waals surface area contributed by atoms with Gasteiger partial charge in [0.15, 0.2) is 8.32 Å². The fourth-order valence-electron chi connectivity index (χ4n) is 1.18. The minimum Gasteiger partial charge on any atom is -0.413 e. The average molecular weight is 242 g/mol. The molecular weight excluding hydrogens is 216 g/mol. The maximum atomic E-state index is 10.6. The molecule has 0 heterocycles. The summed E-state index contributed by atoms with van der Waals surface area (Å²) in [7, 11) is -1.75. The summed E-state index contributed by atoms with van der Waals surface area (Å²) >= 11 is 0. The van der Waals surface area contributed by atoms with Crippen molar-refractivity contribution in [2.24, 2.45) is 0 Å². The molecule has 0 unspecified atom stereocenters. The first-order valence-electron chi connectivity index (χ1n) is 5.97. The highest BCUT2D eigenvalue weighted by atomic mass is 28.4. The van der Waals surface area contributed by atoms with Gasteiger partial charge in [-0.05, 0) is 31.5 Å². The SMILES string of the molecule is C/C=C\C[C@@H](CC=O)O[Si](C)(C)C(C)(C)C. The first-order chi connectivity index (χ1) is 7.24. The molecule has 0 fully saturated rings. The molecule has 0 N–H and O–H groups in total. The van der Waals surface area contributed by atoms with Gasteiger partial charge in [-0.3, -0.25) is 0 Å². The van der Waals surface area contributed by atoms with Crippen molar-refractivity contribution in [3.63, 3.8) is 0 Å². The first-order valence-corrected chi connectivity index (χ1v) is 8.88. The highest BCUT2D eigenvalue weighted by Crippen LogP contribution is 2.37. The van der Waals surface area contributed by atoms with Crippen molar-refractivity contribution < 1.29 is 9.22 Å². The quantitative estimate of drug-likeness (QED) is 0.401. The minimum absolute atomic E-state index is 0.0505. The lowest BCUT2D eigenvalue weighted by atomic mass is 10.2. The van der Waals surface area contributed by atoms with Crippen LogP contribution in [0.3, 0.4) is 0 Å². The summed E-state index contributed by atoms with van der Waals surface area (Å²) in [4.78, 5) is 10.6. The lowest BCUT2D eigenvalue weighted by Gasteiger charge is -2.38. The van der Waals surface area contributed by atoms with E-state index in [1.165, 1.54) is 0 Å². The summed E-state index contributed by atoms with van der Waals surface area (Å²) in [5, 5.41) is 0.198. The topological polar surface area (TPSA) is 26.3 Å². The van der Waals surface area contributed by atoms with Crippen molar-refractivity contribution >= 4 is 14.6 Å². The van der Waals surface area contributed by atoms with Gasteiger partial charge in [-0.1, -0.05) is 32.9 Å². The molecule has 94 valence electrons. The van der Waals surface area contributed by atoms with Gasteiger partial charge in [-0.2, -0.15) is 0 Å². The maximum absolute atomic E-state index is 10.6. The van der Waals surface area contributed by atoms with E-state index < -0.39 is 8.32 Å². The summed E-state index contributed by atoms with van der Waals surface area (Å²) in [6.45, 7) is 13.1. The lowest BCUT2D eigenvalue weighted by molar-refractivity contribution is -0.109. The molecule has 2 nitrogen and oxygen atoms in total. The lowest BCUT2D eigenvalue weighted by Crippen LogP contribution is -2.44. The Kier molecular flexibility index (Phi) is 6.19. The molecule has 0 aliphatic heterocycles. The van der Waals surface area contributed by atoms with Gasteiger partial charge in [0.2, 0.25) is 0 Å². The van der Waals surface area contributed by atoms with Crippen molar-refractivity contribution in [3.05, 3.63) is 12.2 Å². The predicted molar refractivity (Wildman–Crippen MR) is 72.2 cm³/mol. The van der Waals surface area contributed by atoms with Gasteiger partial charge in [-0.15, -0.1) is 0 Å². The molecule has 3 heteroatoms. The molecule has 16 heavy (non-hydrogen) atoms. The molecule has 0 aromatic rings.